The first-order valence-electron chi connectivity index (χ1n) is 12.3. The topological polar surface area (TPSA) is 0 Å². The molecule has 0 radical (unpaired) electrons. The van der Waals surface area contributed by atoms with Crippen LogP contribution in [0.5, 0.6) is 0 Å². The smallest absolute Gasteiger partial charge is 0.0188 e. The molecule has 0 aliphatic rings. The minimum absolute atomic E-state index is 0.721. The summed E-state index contributed by atoms with van der Waals surface area (Å²) in [6, 6.07) is 8.89. The van der Waals surface area contributed by atoms with Gasteiger partial charge in [-0.1, -0.05) is 142 Å². The molecule has 1 aromatic carbocycles. The molecular formula is C27H50. The molecule has 0 aliphatic heterocycles. The van der Waals surface area contributed by atoms with Gasteiger partial charge in [0.2, 0.25) is 0 Å². The van der Waals surface area contributed by atoms with E-state index in [-0.39, 0.29) is 0 Å². The molecule has 0 aliphatic carbocycles. The maximum Gasteiger partial charge on any atom is -0.0188 e. The lowest BCUT2D eigenvalue weighted by Crippen LogP contribution is -1.96. The highest BCUT2D eigenvalue weighted by molar-refractivity contribution is 5.28. The van der Waals surface area contributed by atoms with Gasteiger partial charge in [-0.05, 0) is 30.4 Å². The van der Waals surface area contributed by atoms with E-state index in [2.05, 4.69) is 45.0 Å². The van der Waals surface area contributed by atoms with Crippen LogP contribution in [-0.4, -0.2) is 0 Å². The molecule has 0 saturated heterocycles. The van der Waals surface area contributed by atoms with Crippen molar-refractivity contribution in [1.29, 1.82) is 0 Å². The van der Waals surface area contributed by atoms with Crippen LogP contribution in [0.25, 0.3) is 0 Å². The summed E-state index contributed by atoms with van der Waals surface area (Å²) in [5.74, 6) is 0.721. The Labute approximate surface area is 172 Å². The second kappa shape index (κ2) is 20.0. The van der Waals surface area contributed by atoms with Crippen LogP contribution in [-0.2, 0) is 0 Å². The Kier molecular flexibility index (Phi) is 19.4. The van der Waals surface area contributed by atoms with Crippen LogP contribution < -0.4 is 0 Å². The van der Waals surface area contributed by atoms with Crippen molar-refractivity contribution in [3.8, 4) is 0 Å². The Morgan fingerprint density at radius 3 is 1.48 bits per heavy atom. The van der Waals surface area contributed by atoms with Gasteiger partial charge in [0.05, 0.1) is 0 Å². The Balaban J connectivity index is 0.00000326. The van der Waals surface area contributed by atoms with Crippen LogP contribution >= 0.6 is 0 Å². The van der Waals surface area contributed by atoms with Crippen molar-refractivity contribution in [3.63, 3.8) is 0 Å². The summed E-state index contributed by atoms with van der Waals surface area (Å²) >= 11 is 0. The summed E-state index contributed by atoms with van der Waals surface area (Å²) in [6.45, 7) is 10.9. The molecule has 0 amide bonds. The fourth-order valence-corrected chi connectivity index (χ4v) is 3.94. The Hall–Kier alpha value is -0.780. The maximum absolute atomic E-state index is 2.39. The average molecular weight is 375 g/mol. The van der Waals surface area contributed by atoms with Gasteiger partial charge in [-0.3, -0.25) is 0 Å². The van der Waals surface area contributed by atoms with Crippen molar-refractivity contribution in [3.05, 3.63) is 35.4 Å². The van der Waals surface area contributed by atoms with Crippen LogP contribution in [0.3, 0.4) is 0 Å². The zero-order chi connectivity index (χ0) is 20.2. The van der Waals surface area contributed by atoms with Gasteiger partial charge < -0.3 is 0 Å². The molecule has 0 bridgehead atoms. The monoisotopic (exact) mass is 374 g/mol. The highest BCUT2D eigenvalue weighted by Gasteiger charge is 2.07. The van der Waals surface area contributed by atoms with E-state index in [1.807, 2.05) is 13.8 Å². The summed E-state index contributed by atoms with van der Waals surface area (Å²) in [4.78, 5) is 0. The maximum atomic E-state index is 2.39. The summed E-state index contributed by atoms with van der Waals surface area (Å²) < 4.78 is 0. The number of rotatable bonds is 16. The first-order chi connectivity index (χ1) is 13.3. The second-order valence-electron chi connectivity index (χ2n) is 8.14. The SMILES string of the molecule is CC.CCCCCCCCCCCCCCCCC(C)c1ccccc1C. The molecule has 27 heavy (non-hydrogen) atoms. The zero-order valence-corrected chi connectivity index (χ0v) is 19.5. The van der Waals surface area contributed by atoms with E-state index < -0.39 is 0 Å². The van der Waals surface area contributed by atoms with Gasteiger partial charge in [0, 0.05) is 0 Å². The molecule has 0 nitrogen and oxygen atoms in total. The van der Waals surface area contributed by atoms with Crippen molar-refractivity contribution in [2.75, 3.05) is 0 Å². The van der Waals surface area contributed by atoms with Gasteiger partial charge in [0.1, 0.15) is 0 Å². The van der Waals surface area contributed by atoms with E-state index in [0.717, 1.165) is 5.92 Å². The molecule has 1 rings (SSSR count). The van der Waals surface area contributed by atoms with Crippen LogP contribution in [0.15, 0.2) is 24.3 Å². The third-order valence-corrected chi connectivity index (χ3v) is 5.71. The van der Waals surface area contributed by atoms with Crippen LogP contribution in [0.2, 0.25) is 0 Å². The zero-order valence-electron chi connectivity index (χ0n) is 19.5. The predicted molar refractivity (Wildman–Crippen MR) is 126 cm³/mol. The van der Waals surface area contributed by atoms with Crippen LogP contribution in [0.4, 0.5) is 0 Å². The first-order valence-corrected chi connectivity index (χ1v) is 12.3. The molecule has 1 atom stereocenters. The third kappa shape index (κ3) is 14.9. The molecule has 0 heteroatoms. The average Bonchev–Trinajstić information content (AvgIpc) is 2.70. The van der Waals surface area contributed by atoms with Crippen LogP contribution in [0, 0.1) is 6.92 Å². The second-order valence-corrected chi connectivity index (χ2v) is 8.14. The summed E-state index contributed by atoms with van der Waals surface area (Å²) in [6.07, 6.45) is 21.6. The van der Waals surface area contributed by atoms with Crippen molar-refractivity contribution in [1.82, 2.24) is 0 Å². The predicted octanol–water partition coefficient (Wildman–Crippen LogP) is 10.00. The van der Waals surface area contributed by atoms with Crippen molar-refractivity contribution in [2.45, 2.75) is 137 Å². The largest absolute Gasteiger partial charge is 0.0683 e. The molecular weight excluding hydrogens is 324 g/mol. The molecule has 1 unspecified atom stereocenters. The van der Waals surface area contributed by atoms with E-state index in [0.29, 0.717) is 0 Å². The van der Waals surface area contributed by atoms with E-state index in [1.54, 1.807) is 5.56 Å². The minimum Gasteiger partial charge on any atom is -0.0683 e. The number of hydrogen-bond donors (Lipinski definition) is 0. The highest BCUT2D eigenvalue weighted by Crippen LogP contribution is 2.25. The lowest BCUT2D eigenvalue weighted by atomic mass is 9.91. The van der Waals surface area contributed by atoms with Crippen molar-refractivity contribution < 1.29 is 0 Å². The Bertz CT molecular complexity index is 406. The normalized spacial score (nSPS) is 11.7. The molecule has 0 fully saturated rings. The molecule has 1 aromatic rings. The lowest BCUT2D eigenvalue weighted by Gasteiger charge is -2.14. The minimum atomic E-state index is 0.721. The van der Waals surface area contributed by atoms with Crippen LogP contribution in [0.1, 0.15) is 141 Å². The van der Waals surface area contributed by atoms with E-state index in [4.69, 9.17) is 0 Å². The van der Waals surface area contributed by atoms with Gasteiger partial charge in [0.15, 0.2) is 0 Å². The summed E-state index contributed by atoms with van der Waals surface area (Å²) in [5.41, 5.74) is 3.01. The quantitative estimate of drug-likeness (QED) is 0.252. The molecule has 0 spiro atoms. The van der Waals surface area contributed by atoms with Crippen molar-refractivity contribution in [2.24, 2.45) is 0 Å². The van der Waals surface area contributed by atoms with Gasteiger partial charge in [-0.15, -0.1) is 0 Å². The van der Waals surface area contributed by atoms with E-state index in [1.165, 1.54) is 102 Å². The van der Waals surface area contributed by atoms with Gasteiger partial charge >= 0.3 is 0 Å². The Morgan fingerprint density at radius 1 is 0.630 bits per heavy atom. The molecule has 0 saturated carbocycles. The molecule has 0 aromatic heterocycles. The number of benzene rings is 1. The Morgan fingerprint density at radius 2 is 1.04 bits per heavy atom. The summed E-state index contributed by atoms with van der Waals surface area (Å²) in [5, 5.41) is 0. The fourth-order valence-electron chi connectivity index (χ4n) is 3.94. The third-order valence-electron chi connectivity index (χ3n) is 5.71. The number of aryl methyl sites for hydroxylation is 1. The fraction of sp³-hybridized carbons (Fsp3) is 0.778. The van der Waals surface area contributed by atoms with E-state index in [9.17, 15) is 0 Å². The first kappa shape index (κ1) is 26.2. The van der Waals surface area contributed by atoms with E-state index >= 15 is 0 Å². The number of hydrogen-bond acceptors (Lipinski definition) is 0. The molecule has 0 heterocycles. The van der Waals surface area contributed by atoms with Crippen molar-refractivity contribution >= 4 is 0 Å². The molecule has 158 valence electrons. The van der Waals surface area contributed by atoms with Gasteiger partial charge in [0.25, 0.3) is 0 Å². The molecule has 0 N–H and O–H groups in total. The van der Waals surface area contributed by atoms with Gasteiger partial charge in [-0.2, -0.15) is 0 Å². The number of unbranched alkanes of at least 4 members (excludes halogenated alkanes) is 13. The lowest BCUT2D eigenvalue weighted by molar-refractivity contribution is 0.524. The summed E-state index contributed by atoms with van der Waals surface area (Å²) in [7, 11) is 0. The van der Waals surface area contributed by atoms with Gasteiger partial charge in [-0.25, -0.2) is 0 Å². The highest BCUT2D eigenvalue weighted by atomic mass is 14.1. The standard InChI is InChI=1S/C25H44.C2H6/c1-4-5-6-7-8-9-10-11-12-13-14-15-16-17-20-23(2)25-22-19-18-21-24(25)3;1-2/h18-19,21-23H,4-17,20H2,1-3H3;1-2H3.